The lowest BCUT2D eigenvalue weighted by Gasteiger charge is -2.26. The summed E-state index contributed by atoms with van der Waals surface area (Å²) in [6.07, 6.45) is 3.83. The van der Waals surface area contributed by atoms with E-state index in [1.165, 1.54) is 120 Å². The van der Waals surface area contributed by atoms with E-state index in [1.807, 2.05) is 18.5 Å². The standard InChI is InChI=1S/C84H54N4/c1-83(2)76-62-25-13-9-21-58(62)68(46-70(76)73-59-22-10-5-17-54(59)55-18-7-14-26-63(55)77(73)83)72-40-36-51-33-38-65-53(41-43-86-82(65)81(51)88-72)52-34-37-64-67(44-52)56-19-6-11-23-60(56)74-69-45-66(57-20-8-12-24-61(57)75(69)84(3,4)78(64)74)47-27-29-48(30-28-47)71-39-35-50-32-31-49-16-15-42-85-79(49)80(50)87-71/h5-46H,1-4H3. The van der Waals surface area contributed by atoms with Crippen LogP contribution in [0.25, 0.3) is 175 Å². The van der Waals surface area contributed by atoms with E-state index in [1.54, 1.807) is 0 Å². The summed E-state index contributed by atoms with van der Waals surface area (Å²) in [5.74, 6) is 0. The minimum Gasteiger partial charge on any atom is -0.254 e. The van der Waals surface area contributed by atoms with Crippen LogP contribution >= 0.6 is 0 Å². The molecule has 410 valence electrons. The van der Waals surface area contributed by atoms with Crippen molar-refractivity contribution in [3.8, 4) is 67.0 Å². The topological polar surface area (TPSA) is 51.6 Å². The van der Waals surface area contributed by atoms with Gasteiger partial charge >= 0.3 is 0 Å². The number of pyridine rings is 4. The van der Waals surface area contributed by atoms with E-state index in [0.29, 0.717) is 0 Å². The maximum absolute atomic E-state index is 5.67. The van der Waals surface area contributed by atoms with Gasteiger partial charge in [0.15, 0.2) is 0 Å². The van der Waals surface area contributed by atoms with Crippen molar-refractivity contribution in [2.75, 3.05) is 0 Å². The molecule has 4 heteroatoms. The summed E-state index contributed by atoms with van der Waals surface area (Å²) < 4.78 is 0. The molecule has 4 aromatic heterocycles. The number of rotatable bonds is 4. The van der Waals surface area contributed by atoms with E-state index in [-0.39, 0.29) is 10.8 Å². The second-order valence-electron chi connectivity index (χ2n) is 25.5. The molecule has 4 nitrogen and oxygen atoms in total. The van der Waals surface area contributed by atoms with Crippen LogP contribution in [0.5, 0.6) is 0 Å². The zero-order valence-corrected chi connectivity index (χ0v) is 49.0. The van der Waals surface area contributed by atoms with Gasteiger partial charge in [-0.15, -0.1) is 0 Å². The van der Waals surface area contributed by atoms with Crippen LogP contribution in [-0.2, 0) is 10.8 Å². The average molecular weight is 1120 g/mol. The van der Waals surface area contributed by atoms with Crippen LogP contribution in [0, 0.1) is 0 Å². The molecule has 0 atom stereocenters. The molecular weight excluding hydrogens is 1060 g/mol. The highest BCUT2D eigenvalue weighted by Crippen LogP contribution is 2.60. The largest absolute Gasteiger partial charge is 0.254 e. The number of nitrogens with zero attached hydrogens (tertiary/aromatic N) is 4. The Labute approximate surface area is 508 Å². The molecule has 0 saturated heterocycles. The number of hydrogen-bond donors (Lipinski definition) is 0. The lowest BCUT2D eigenvalue weighted by molar-refractivity contribution is 0.672. The third-order valence-corrected chi connectivity index (χ3v) is 20.2. The van der Waals surface area contributed by atoms with Crippen LogP contribution in [0.1, 0.15) is 49.9 Å². The highest BCUT2D eigenvalue weighted by molar-refractivity contribution is 6.23. The molecule has 0 bridgehead atoms. The first-order chi connectivity index (χ1) is 43.2. The van der Waals surface area contributed by atoms with E-state index < -0.39 is 0 Å². The van der Waals surface area contributed by atoms with E-state index >= 15 is 0 Å². The number of aromatic nitrogens is 4. The Balaban J connectivity index is 0.746. The van der Waals surface area contributed by atoms with Crippen molar-refractivity contribution in [1.29, 1.82) is 0 Å². The molecule has 0 spiro atoms. The van der Waals surface area contributed by atoms with Crippen LogP contribution in [-0.4, -0.2) is 19.9 Å². The van der Waals surface area contributed by atoms with Crippen molar-refractivity contribution in [2.45, 2.75) is 38.5 Å². The fourth-order valence-corrected chi connectivity index (χ4v) is 16.5. The third kappa shape index (κ3) is 6.69. The molecule has 0 amide bonds. The van der Waals surface area contributed by atoms with Gasteiger partial charge in [0.05, 0.1) is 33.5 Å². The smallest absolute Gasteiger partial charge is 0.0972 e. The molecule has 2 aliphatic carbocycles. The summed E-state index contributed by atoms with van der Waals surface area (Å²) in [7, 11) is 0. The Morgan fingerprint density at radius 1 is 0.239 bits per heavy atom. The predicted octanol–water partition coefficient (Wildman–Crippen LogP) is 22.1. The Bertz CT molecular complexity index is 5990. The molecule has 0 saturated carbocycles. The van der Waals surface area contributed by atoms with Crippen molar-refractivity contribution < 1.29 is 0 Å². The van der Waals surface area contributed by atoms with Crippen molar-refractivity contribution in [2.24, 2.45) is 0 Å². The first kappa shape index (κ1) is 49.3. The quantitative estimate of drug-likeness (QED) is 0.165. The number of hydrogen-bond acceptors (Lipinski definition) is 4. The van der Waals surface area contributed by atoms with Crippen LogP contribution in [0.4, 0.5) is 0 Å². The molecule has 13 aromatic carbocycles. The SMILES string of the molecule is CC1(C)c2c(cc(-c3ccc(-c4ccc5ccc6cccnc6c5n4)cc3)c3ccccc23)-c2c1c1ccc(-c3ccnc4c3ccc3ccc(-c5cc6c(c7ccccc57)C(C)(C)c5c-6c6ccccc6c6ccccc56)nc34)cc1c1ccccc21. The maximum Gasteiger partial charge on any atom is 0.0972 e. The molecule has 0 aliphatic heterocycles. The van der Waals surface area contributed by atoms with Crippen LogP contribution in [0.3, 0.4) is 0 Å². The summed E-state index contributed by atoms with van der Waals surface area (Å²) in [5, 5.41) is 19.6. The number of benzene rings is 13. The molecule has 0 radical (unpaired) electrons. The molecule has 0 N–H and O–H groups in total. The summed E-state index contributed by atoms with van der Waals surface area (Å²) in [4.78, 5) is 20.8. The molecular formula is C84H54N4. The van der Waals surface area contributed by atoms with Gasteiger partial charge in [-0.25, -0.2) is 9.97 Å². The Hall–Kier alpha value is -10.9. The second kappa shape index (κ2) is 17.8. The third-order valence-electron chi connectivity index (χ3n) is 20.2. The van der Waals surface area contributed by atoms with Gasteiger partial charge in [-0.3, -0.25) is 9.97 Å². The Morgan fingerprint density at radius 3 is 1.32 bits per heavy atom. The number of fused-ring (bicyclic) bond motifs is 26. The van der Waals surface area contributed by atoms with Gasteiger partial charge in [-0.1, -0.05) is 228 Å². The van der Waals surface area contributed by atoms with Crippen LogP contribution in [0.15, 0.2) is 255 Å². The van der Waals surface area contributed by atoms with Gasteiger partial charge in [-0.05, 0) is 174 Å². The lowest BCUT2D eigenvalue weighted by Crippen LogP contribution is -2.16. The summed E-state index contributed by atoms with van der Waals surface area (Å²) >= 11 is 0. The fourth-order valence-electron chi connectivity index (χ4n) is 16.5. The predicted molar refractivity (Wildman–Crippen MR) is 370 cm³/mol. The van der Waals surface area contributed by atoms with Gasteiger partial charge in [0.1, 0.15) is 0 Å². The van der Waals surface area contributed by atoms with Crippen molar-refractivity contribution >= 4 is 108 Å². The van der Waals surface area contributed by atoms with Gasteiger partial charge < -0.3 is 0 Å². The Kier molecular flexibility index (Phi) is 9.99. The highest BCUT2D eigenvalue weighted by Gasteiger charge is 2.42. The van der Waals surface area contributed by atoms with Gasteiger partial charge in [0, 0.05) is 55.9 Å². The lowest BCUT2D eigenvalue weighted by atomic mass is 9.77. The minimum atomic E-state index is -0.311. The van der Waals surface area contributed by atoms with E-state index in [0.717, 1.165) is 77.3 Å². The normalized spacial score (nSPS) is 13.9. The van der Waals surface area contributed by atoms with E-state index in [2.05, 4.69) is 264 Å². The molecule has 17 aromatic rings. The first-order valence-electron chi connectivity index (χ1n) is 30.7. The van der Waals surface area contributed by atoms with Crippen molar-refractivity contribution in [3.05, 3.63) is 277 Å². The summed E-state index contributed by atoms with van der Waals surface area (Å²) in [6, 6.07) is 89.9. The fraction of sp³-hybridized carbons (Fsp3) is 0.0714. The second-order valence-corrected chi connectivity index (χ2v) is 25.5. The Morgan fingerprint density at radius 2 is 0.670 bits per heavy atom. The average Bonchev–Trinajstić information content (AvgIpc) is 1.55. The first-order valence-corrected chi connectivity index (χ1v) is 30.7. The van der Waals surface area contributed by atoms with Gasteiger partial charge in [0.25, 0.3) is 0 Å². The summed E-state index contributed by atoms with van der Waals surface area (Å²) in [6.45, 7) is 9.71. The van der Waals surface area contributed by atoms with Crippen molar-refractivity contribution in [3.63, 3.8) is 0 Å². The summed E-state index contributed by atoms with van der Waals surface area (Å²) in [5.41, 5.74) is 22.7. The van der Waals surface area contributed by atoms with Crippen molar-refractivity contribution in [1.82, 2.24) is 19.9 Å². The molecule has 88 heavy (non-hydrogen) atoms. The monoisotopic (exact) mass is 1120 g/mol. The zero-order valence-electron chi connectivity index (χ0n) is 49.0. The minimum absolute atomic E-state index is 0.238. The molecule has 19 rings (SSSR count). The molecule has 0 unspecified atom stereocenters. The molecule has 0 fully saturated rings. The molecule has 2 aliphatic rings. The van der Waals surface area contributed by atoms with Gasteiger partial charge in [0.2, 0.25) is 0 Å². The highest BCUT2D eigenvalue weighted by atomic mass is 14.8. The van der Waals surface area contributed by atoms with Crippen LogP contribution in [0.2, 0.25) is 0 Å². The van der Waals surface area contributed by atoms with Gasteiger partial charge in [-0.2, -0.15) is 0 Å². The maximum atomic E-state index is 5.67. The van der Waals surface area contributed by atoms with E-state index in [4.69, 9.17) is 19.9 Å². The molecule has 4 heterocycles. The van der Waals surface area contributed by atoms with Crippen LogP contribution < -0.4 is 0 Å². The zero-order chi connectivity index (χ0) is 58.3. The van der Waals surface area contributed by atoms with E-state index in [9.17, 15) is 0 Å².